The van der Waals surface area contributed by atoms with Crippen LogP contribution in [0.2, 0.25) is 0 Å². The Bertz CT molecular complexity index is 1040. The lowest BCUT2D eigenvalue weighted by Gasteiger charge is -2.13. The minimum Gasteiger partial charge on any atom is -0.486 e. The van der Waals surface area contributed by atoms with Crippen LogP contribution in [0.3, 0.4) is 0 Å². The van der Waals surface area contributed by atoms with E-state index in [-0.39, 0.29) is 12.5 Å². The number of carbonyl (C=O) groups is 1. The van der Waals surface area contributed by atoms with Crippen molar-refractivity contribution in [2.24, 2.45) is 0 Å². The van der Waals surface area contributed by atoms with E-state index in [1.807, 2.05) is 65.0 Å². The first-order chi connectivity index (χ1) is 14.2. The number of anilines is 1. The van der Waals surface area contributed by atoms with E-state index in [1.54, 1.807) is 0 Å². The molecule has 1 unspecified atom stereocenters. The van der Waals surface area contributed by atoms with E-state index in [9.17, 15) is 4.79 Å². The normalized spacial score (nSPS) is 11.9. The van der Waals surface area contributed by atoms with E-state index >= 15 is 0 Å². The molecule has 3 N–H and O–H groups in total. The fourth-order valence-corrected chi connectivity index (χ4v) is 3.84. The van der Waals surface area contributed by atoms with Gasteiger partial charge in [-0.15, -0.1) is 10.2 Å². The Morgan fingerprint density at radius 1 is 1.10 bits per heavy atom. The monoisotopic (exact) mass is 425 g/mol. The number of nitrogens with zero attached hydrogens (tertiary/aromatic N) is 3. The van der Waals surface area contributed by atoms with Gasteiger partial charge in [0.2, 0.25) is 11.1 Å². The van der Waals surface area contributed by atoms with Gasteiger partial charge in [-0.05, 0) is 69.5 Å². The molecule has 1 aromatic heterocycles. The zero-order valence-corrected chi connectivity index (χ0v) is 18.7. The van der Waals surface area contributed by atoms with Crippen molar-refractivity contribution in [3.63, 3.8) is 0 Å². The fourth-order valence-electron chi connectivity index (χ4n) is 3.05. The maximum absolute atomic E-state index is 12.6. The zero-order valence-electron chi connectivity index (χ0n) is 17.9. The maximum Gasteiger partial charge on any atom is 0.237 e. The Kier molecular flexibility index (Phi) is 6.66. The summed E-state index contributed by atoms with van der Waals surface area (Å²) < 4.78 is 7.18. The van der Waals surface area contributed by atoms with Crippen molar-refractivity contribution in [3.05, 3.63) is 64.5 Å². The van der Waals surface area contributed by atoms with E-state index in [0.29, 0.717) is 11.0 Å². The lowest BCUT2D eigenvalue weighted by molar-refractivity contribution is -0.115. The number of thioether (sulfide) groups is 1. The summed E-state index contributed by atoms with van der Waals surface area (Å²) in [5.41, 5.74) is 5.22. The van der Waals surface area contributed by atoms with Crippen LogP contribution in [0, 0.1) is 27.7 Å². The molecule has 3 aromatic rings. The van der Waals surface area contributed by atoms with Gasteiger partial charge in [-0.3, -0.25) is 4.79 Å². The number of nitrogens with two attached hydrogens (primary N) is 1. The van der Waals surface area contributed by atoms with Crippen LogP contribution in [0.15, 0.2) is 41.6 Å². The Hall–Kier alpha value is -3.00. The van der Waals surface area contributed by atoms with Gasteiger partial charge in [0.15, 0.2) is 5.82 Å². The third-order valence-corrected chi connectivity index (χ3v) is 5.65. The molecule has 30 heavy (non-hydrogen) atoms. The Balaban J connectivity index is 1.61. The second-order valence-electron chi connectivity index (χ2n) is 7.45. The third kappa shape index (κ3) is 5.33. The van der Waals surface area contributed by atoms with Gasteiger partial charge in [-0.2, -0.15) is 0 Å². The average molecular weight is 426 g/mol. The molecule has 0 saturated carbocycles. The number of nitrogens with one attached hydrogen (secondary N) is 1. The van der Waals surface area contributed by atoms with Crippen LogP contribution < -0.4 is 15.9 Å². The lowest BCUT2D eigenvalue weighted by Crippen LogP contribution is -2.24. The molecule has 7 nitrogen and oxygen atoms in total. The predicted octanol–water partition coefficient (Wildman–Crippen LogP) is 3.92. The third-order valence-electron chi connectivity index (χ3n) is 4.59. The Morgan fingerprint density at radius 3 is 2.47 bits per heavy atom. The average Bonchev–Trinajstić information content (AvgIpc) is 3.01. The minimum absolute atomic E-state index is 0.122. The zero-order chi connectivity index (χ0) is 21.8. The van der Waals surface area contributed by atoms with Gasteiger partial charge in [-0.1, -0.05) is 35.5 Å². The first kappa shape index (κ1) is 21.7. The number of hydrogen-bond donors (Lipinski definition) is 2. The molecule has 0 saturated heterocycles. The van der Waals surface area contributed by atoms with E-state index in [1.165, 1.54) is 16.4 Å². The molecule has 3 rings (SSSR count). The highest BCUT2D eigenvalue weighted by atomic mass is 32.2. The molecule has 0 aliphatic carbocycles. The summed E-state index contributed by atoms with van der Waals surface area (Å²) in [5, 5.41) is 11.2. The van der Waals surface area contributed by atoms with Gasteiger partial charge < -0.3 is 15.9 Å². The first-order valence-corrected chi connectivity index (χ1v) is 10.6. The maximum atomic E-state index is 12.6. The van der Waals surface area contributed by atoms with Gasteiger partial charge in [0.25, 0.3) is 0 Å². The molecule has 0 aliphatic rings. The molecule has 0 radical (unpaired) electrons. The van der Waals surface area contributed by atoms with Crippen molar-refractivity contribution in [1.82, 2.24) is 14.9 Å². The van der Waals surface area contributed by atoms with Crippen LogP contribution in [0.1, 0.15) is 35.0 Å². The van der Waals surface area contributed by atoms with Crippen LogP contribution in [-0.2, 0) is 11.4 Å². The highest BCUT2D eigenvalue weighted by Gasteiger charge is 2.20. The molecular formula is C22H27N5O2S. The van der Waals surface area contributed by atoms with Gasteiger partial charge in [-0.25, -0.2) is 4.68 Å². The van der Waals surface area contributed by atoms with Gasteiger partial charge in [0.05, 0.1) is 5.25 Å². The van der Waals surface area contributed by atoms with Crippen molar-refractivity contribution >= 4 is 23.4 Å². The molecule has 0 aliphatic heterocycles. The number of ether oxygens (including phenoxy) is 1. The quantitative estimate of drug-likeness (QED) is 0.440. The number of amides is 1. The van der Waals surface area contributed by atoms with Crippen LogP contribution in [0.25, 0.3) is 0 Å². The van der Waals surface area contributed by atoms with Crippen molar-refractivity contribution in [2.45, 2.75) is 51.6 Å². The smallest absolute Gasteiger partial charge is 0.237 e. The second-order valence-corrected chi connectivity index (χ2v) is 8.76. The van der Waals surface area contributed by atoms with Crippen molar-refractivity contribution in [1.29, 1.82) is 0 Å². The summed E-state index contributed by atoms with van der Waals surface area (Å²) in [6, 6.07) is 11.9. The topological polar surface area (TPSA) is 95.1 Å². The standard InChI is InChI=1S/C22H27N5O2S/c1-13-6-7-19(16(4)9-13)24-21(28)17(5)30-22-26-25-20(27(22)23)12-29-18-10-14(2)8-15(3)11-18/h6-11,17H,12,23H2,1-5H3,(H,24,28). The Morgan fingerprint density at radius 2 is 1.80 bits per heavy atom. The highest BCUT2D eigenvalue weighted by molar-refractivity contribution is 8.00. The molecule has 0 fully saturated rings. The van der Waals surface area contributed by atoms with Crippen molar-refractivity contribution < 1.29 is 9.53 Å². The van der Waals surface area contributed by atoms with Gasteiger partial charge in [0, 0.05) is 5.69 Å². The number of aromatic nitrogens is 3. The van der Waals surface area contributed by atoms with E-state index in [4.69, 9.17) is 10.6 Å². The van der Waals surface area contributed by atoms with Gasteiger partial charge in [0.1, 0.15) is 12.4 Å². The molecule has 158 valence electrons. The highest BCUT2D eigenvalue weighted by Crippen LogP contribution is 2.24. The molecule has 0 bridgehead atoms. The van der Waals surface area contributed by atoms with Gasteiger partial charge >= 0.3 is 0 Å². The van der Waals surface area contributed by atoms with Crippen LogP contribution >= 0.6 is 11.8 Å². The molecule has 1 amide bonds. The number of carbonyl (C=O) groups excluding carboxylic acids is 1. The number of aryl methyl sites for hydroxylation is 4. The number of hydrogen-bond acceptors (Lipinski definition) is 6. The van der Waals surface area contributed by atoms with Crippen molar-refractivity contribution in [3.8, 4) is 5.75 Å². The predicted molar refractivity (Wildman–Crippen MR) is 120 cm³/mol. The van der Waals surface area contributed by atoms with E-state index < -0.39 is 5.25 Å². The second kappa shape index (κ2) is 9.21. The largest absolute Gasteiger partial charge is 0.486 e. The van der Waals surface area contributed by atoms with Crippen LogP contribution in [0.5, 0.6) is 5.75 Å². The summed E-state index contributed by atoms with van der Waals surface area (Å²) >= 11 is 1.25. The fraction of sp³-hybridized carbons (Fsp3) is 0.318. The number of nitrogen functional groups attached to an aromatic ring is 1. The summed E-state index contributed by atoms with van der Waals surface area (Å²) in [4.78, 5) is 12.6. The summed E-state index contributed by atoms with van der Waals surface area (Å²) in [6.07, 6.45) is 0. The minimum atomic E-state index is -0.398. The summed E-state index contributed by atoms with van der Waals surface area (Å²) in [6.45, 7) is 10.0. The molecule has 2 aromatic carbocycles. The Labute approximate surface area is 181 Å². The molecule has 1 heterocycles. The lowest BCUT2D eigenvalue weighted by atomic mass is 10.1. The van der Waals surface area contributed by atoms with E-state index in [0.717, 1.165) is 33.7 Å². The molecular weight excluding hydrogens is 398 g/mol. The van der Waals surface area contributed by atoms with Crippen LogP contribution in [0.4, 0.5) is 5.69 Å². The SMILES string of the molecule is Cc1cc(C)cc(OCc2nnc(SC(C)C(=O)Nc3ccc(C)cc3C)n2N)c1. The molecule has 8 heteroatoms. The molecule has 1 atom stereocenters. The summed E-state index contributed by atoms with van der Waals surface area (Å²) in [7, 11) is 0. The summed E-state index contributed by atoms with van der Waals surface area (Å²) in [5.74, 6) is 7.25. The van der Waals surface area contributed by atoms with E-state index in [2.05, 4.69) is 21.6 Å². The van der Waals surface area contributed by atoms with Crippen LogP contribution in [-0.4, -0.2) is 26.0 Å². The number of rotatable bonds is 7. The molecule has 0 spiro atoms. The van der Waals surface area contributed by atoms with Crippen molar-refractivity contribution in [2.75, 3.05) is 11.2 Å². The first-order valence-electron chi connectivity index (χ1n) is 9.68. The number of benzene rings is 2.